The lowest BCUT2D eigenvalue weighted by Gasteiger charge is -2.08. The van der Waals surface area contributed by atoms with Crippen LogP contribution in [0.5, 0.6) is 0 Å². The minimum atomic E-state index is -3.77. The first kappa shape index (κ1) is 14.3. The van der Waals surface area contributed by atoms with Gasteiger partial charge in [-0.15, -0.1) is 0 Å². The second kappa shape index (κ2) is 5.27. The minimum absolute atomic E-state index is 0.0602. The van der Waals surface area contributed by atoms with Gasteiger partial charge in [-0.3, -0.25) is 9.52 Å². The summed E-state index contributed by atoms with van der Waals surface area (Å²) in [6, 6.07) is 10.7. The highest BCUT2D eigenvalue weighted by atomic mass is 32.2. The summed E-state index contributed by atoms with van der Waals surface area (Å²) < 4.78 is 32.3. The van der Waals surface area contributed by atoms with Crippen LogP contribution in [0.3, 0.4) is 0 Å². The van der Waals surface area contributed by atoms with Gasteiger partial charge in [0.2, 0.25) is 0 Å². The maximum atomic E-state index is 12.4. The molecule has 0 aliphatic carbocycles. The van der Waals surface area contributed by atoms with Crippen LogP contribution in [0.4, 0.5) is 5.69 Å². The Bertz CT molecular complexity index is 960. The molecule has 112 valence electrons. The van der Waals surface area contributed by atoms with Gasteiger partial charge in [-0.25, -0.2) is 13.4 Å². The molecule has 2 aromatic carbocycles. The molecule has 0 fully saturated rings. The molecule has 0 spiro atoms. The smallest absolute Gasteiger partial charge is 0.262 e. The number of fused-ring (bicyclic) bond motifs is 1. The molecule has 0 amide bonds. The maximum Gasteiger partial charge on any atom is 0.262 e. The van der Waals surface area contributed by atoms with E-state index in [9.17, 15) is 13.2 Å². The Balaban J connectivity index is 1.96. The summed E-state index contributed by atoms with van der Waals surface area (Å²) in [5.41, 5.74) is 1.73. The summed E-state index contributed by atoms with van der Waals surface area (Å²) in [6.45, 7) is 1.42. The number of anilines is 1. The van der Waals surface area contributed by atoms with Gasteiger partial charge in [0, 0.05) is 17.3 Å². The number of sulfonamides is 1. The third kappa shape index (κ3) is 2.71. The highest BCUT2D eigenvalue weighted by Gasteiger charge is 2.16. The first-order chi connectivity index (χ1) is 10.5. The molecular formula is C15H12N2O4S. The van der Waals surface area contributed by atoms with Crippen molar-refractivity contribution in [1.82, 2.24) is 4.98 Å². The van der Waals surface area contributed by atoms with Crippen molar-refractivity contribution in [3.8, 4) is 0 Å². The fourth-order valence-electron chi connectivity index (χ4n) is 2.02. The molecule has 0 saturated carbocycles. The molecule has 0 atom stereocenters. The van der Waals surface area contributed by atoms with Crippen molar-refractivity contribution >= 4 is 32.6 Å². The molecular weight excluding hydrogens is 304 g/mol. The van der Waals surface area contributed by atoms with Crippen molar-refractivity contribution in [2.24, 2.45) is 0 Å². The van der Waals surface area contributed by atoms with Gasteiger partial charge < -0.3 is 4.42 Å². The molecule has 3 rings (SSSR count). The van der Waals surface area contributed by atoms with Gasteiger partial charge >= 0.3 is 0 Å². The first-order valence-electron chi connectivity index (χ1n) is 6.43. The number of nitrogens with one attached hydrogen (secondary N) is 1. The third-order valence-corrected chi connectivity index (χ3v) is 4.51. The van der Waals surface area contributed by atoms with E-state index >= 15 is 0 Å². The Morgan fingerprint density at radius 1 is 1.18 bits per heavy atom. The lowest BCUT2D eigenvalue weighted by molar-refractivity contribution is 0.101. The van der Waals surface area contributed by atoms with Crippen molar-refractivity contribution in [2.75, 3.05) is 4.72 Å². The van der Waals surface area contributed by atoms with Gasteiger partial charge in [-0.2, -0.15) is 0 Å². The zero-order chi connectivity index (χ0) is 15.7. The predicted molar refractivity (Wildman–Crippen MR) is 81.3 cm³/mol. The number of carbonyl (C=O) groups is 1. The topological polar surface area (TPSA) is 89.3 Å². The highest BCUT2D eigenvalue weighted by molar-refractivity contribution is 7.92. The minimum Gasteiger partial charge on any atom is -0.443 e. The summed E-state index contributed by atoms with van der Waals surface area (Å²) in [4.78, 5) is 15.4. The summed E-state index contributed by atoms with van der Waals surface area (Å²) in [7, 11) is -3.77. The Morgan fingerprint density at radius 3 is 2.77 bits per heavy atom. The van der Waals surface area contributed by atoms with Gasteiger partial charge in [0.1, 0.15) is 5.52 Å². The van der Waals surface area contributed by atoms with Gasteiger partial charge in [-0.1, -0.05) is 12.1 Å². The Morgan fingerprint density at radius 2 is 2.00 bits per heavy atom. The van der Waals surface area contributed by atoms with E-state index in [4.69, 9.17) is 4.42 Å². The number of carbonyl (C=O) groups excluding carboxylic acids is 1. The van der Waals surface area contributed by atoms with E-state index in [2.05, 4.69) is 9.71 Å². The van der Waals surface area contributed by atoms with Crippen LogP contribution in [-0.4, -0.2) is 19.2 Å². The monoisotopic (exact) mass is 316 g/mol. The molecule has 1 N–H and O–H groups in total. The van der Waals surface area contributed by atoms with Crippen molar-refractivity contribution in [1.29, 1.82) is 0 Å². The summed E-state index contributed by atoms with van der Waals surface area (Å²) in [6.07, 6.45) is 1.25. The number of nitrogens with zero attached hydrogens (tertiary/aromatic N) is 1. The molecule has 1 heterocycles. The van der Waals surface area contributed by atoms with E-state index in [1.165, 1.54) is 31.5 Å². The number of benzene rings is 2. The van der Waals surface area contributed by atoms with Crippen LogP contribution < -0.4 is 4.72 Å². The number of hydrogen-bond donors (Lipinski definition) is 1. The lowest BCUT2D eigenvalue weighted by atomic mass is 10.1. The van der Waals surface area contributed by atoms with Crippen LogP contribution in [0.25, 0.3) is 11.1 Å². The van der Waals surface area contributed by atoms with Crippen LogP contribution in [-0.2, 0) is 10.0 Å². The number of hydrogen-bond acceptors (Lipinski definition) is 5. The number of rotatable bonds is 4. The molecule has 0 bridgehead atoms. The number of ketones is 1. The lowest BCUT2D eigenvalue weighted by Crippen LogP contribution is -2.13. The van der Waals surface area contributed by atoms with Gasteiger partial charge in [0.15, 0.2) is 17.8 Å². The largest absolute Gasteiger partial charge is 0.443 e. The Kier molecular flexibility index (Phi) is 3.42. The summed E-state index contributed by atoms with van der Waals surface area (Å²) in [5, 5.41) is 0. The third-order valence-electron chi connectivity index (χ3n) is 3.13. The predicted octanol–water partition coefficient (Wildman–Crippen LogP) is 2.83. The van der Waals surface area contributed by atoms with Crippen LogP contribution in [0, 0.1) is 0 Å². The Labute approximate surface area is 126 Å². The average molecular weight is 316 g/mol. The average Bonchev–Trinajstić information content (AvgIpc) is 2.94. The van der Waals surface area contributed by atoms with Crippen LogP contribution in [0.15, 0.2) is 58.2 Å². The fourth-order valence-corrected chi connectivity index (χ4v) is 3.08. The zero-order valence-electron chi connectivity index (χ0n) is 11.6. The summed E-state index contributed by atoms with van der Waals surface area (Å²) >= 11 is 0. The molecule has 7 heteroatoms. The van der Waals surface area contributed by atoms with Gasteiger partial charge in [-0.05, 0) is 31.2 Å². The quantitative estimate of drug-likeness (QED) is 0.748. The van der Waals surface area contributed by atoms with Crippen LogP contribution in [0.2, 0.25) is 0 Å². The molecule has 22 heavy (non-hydrogen) atoms. The number of aromatic nitrogens is 1. The number of Topliss-reactive ketones (excluding diaryl/α,β-unsaturated/α-hetero) is 1. The van der Waals surface area contributed by atoms with Crippen molar-refractivity contribution in [3.05, 3.63) is 54.4 Å². The zero-order valence-corrected chi connectivity index (χ0v) is 12.4. The highest BCUT2D eigenvalue weighted by Crippen LogP contribution is 2.21. The van der Waals surface area contributed by atoms with E-state index in [1.807, 2.05) is 0 Å². The van der Waals surface area contributed by atoms with E-state index < -0.39 is 10.0 Å². The molecule has 0 radical (unpaired) electrons. The van der Waals surface area contributed by atoms with Crippen LogP contribution >= 0.6 is 0 Å². The molecule has 1 aromatic heterocycles. The van der Waals surface area contributed by atoms with Crippen molar-refractivity contribution < 1.29 is 17.6 Å². The van der Waals surface area contributed by atoms with E-state index in [-0.39, 0.29) is 10.7 Å². The molecule has 0 aliphatic heterocycles. The number of oxazole rings is 1. The summed E-state index contributed by atoms with van der Waals surface area (Å²) in [5.74, 6) is -0.135. The fraction of sp³-hybridized carbons (Fsp3) is 0.0667. The molecule has 0 saturated heterocycles. The second-order valence-corrected chi connectivity index (χ2v) is 6.41. The van der Waals surface area contributed by atoms with E-state index in [1.54, 1.807) is 24.3 Å². The van der Waals surface area contributed by atoms with Crippen LogP contribution in [0.1, 0.15) is 17.3 Å². The first-order valence-corrected chi connectivity index (χ1v) is 7.91. The van der Waals surface area contributed by atoms with E-state index in [0.717, 1.165) is 0 Å². The van der Waals surface area contributed by atoms with Crippen molar-refractivity contribution in [2.45, 2.75) is 11.8 Å². The maximum absolute atomic E-state index is 12.4. The second-order valence-electron chi connectivity index (χ2n) is 4.72. The van der Waals surface area contributed by atoms with Crippen molar-refractivity contribution in [3.63, 3.8) is 0 Å². The van der Waals surface area contributed by atoms with Gasteiger partial charge in [0.05, 0.1) is 4.90 Å². The molecule has 0 unspecified atom stereocenters. The Hall–Kier alpha value is -2.67. The molecule has 0 aliphatic rings. The SMILES string of the molecule is CC(=O)c1cccc(NS(=O)(=O)c2ccc3ncoc3c2)c1. The molecule has 6 nitrogen and oxygen atoms in total. The molecule has 3 aromatic rings. The van der Waals surface area contributed by atoms with E-state index in [0.29, 0.717) is 22.4 Å². The van der Waals surface area contributed by atoms with Gasteiger partial charge in [0.25, 0.3) is 10.0 Å². The normalized spacial score (nSPS) is 11.5. The standard InChI is InChI=1S/C15H12N2O4S/c1-10(18)11-3-2-4-12(7-11)17-22(19,20)13-5-6-14-15(8-13)21-9-16-14/h2-9,17H,1H3.